The number of amides is 2. The van der Waals surface area contributed by atoms with E-state index in [1.807, 2.05) is 0 Å². The fraction of sp³-hybridized carbons (Fsp3) is 0.421. The number of nitrogen functional groups attached to an aromatic ring is 1. The summed E-state index contributed by atoms with van der Waals surface area (Å²) in [7, 11) is 0. The number of carbonyl (C=O) groups is 2. The SMILES string of the molecule is CC(C)(C)OC(=O)N(C(=O)OC(C)(C)C)c1nccc2cc(N)cc(F)c12. The average Bonchev–Trinajstić information content (AvgIpc) is 2.42. The Labute approximate surface area is 157 Å². The van der Waals surface area contributed by atoms with Gasteiger partial charge in [0.2, 0.25) is 0 Å². The summed E-state index contributed by atoms with van der Waals surface area (Å²) in [5.74, 6) is -0.946. The topological polar surface area (TPSA) is 94.8 Å². The van der Waals surface area contributed by atoms with Gasteiger partial charge in [0, 0.05) is 11.9 Å². The number of nitrogens with zero attached hydrogens (tertiary/aromatic N) is 2. The fourth-order valence-corrected chi connectivity index (χ4v) is 2.30. The molecule has 0 aliphatic rings. The minimum absolute atomic E-state index is 0.0385. The molecule has 0 aliphatic heterocycles. The van der Waals surface area contributed by atoms with Gasteiger partial charge < -0.3 is 15.2 Å². The maximum atomic E-state index is 14.6. The highest BCUT2D eigenvalue weighted by molar-refractivity contribution is 6.14. The number of anilines is 2. The molecule has 1 aromatic carbocycles. The van der Waals surface area contributed by atoms with Crippen molar-refractivity contribution >= 4 is 34.5 Å². The van der Waals surface area contributed by atoms with E-state index in [-0.39, 0.29) is 16.9 Å². The molecule has 0 radical (unpaired) electrons. The Morgan fingerprint density at radius 1 is 1.04 bits per heavy atom. The predicted octanol–water partition coefficient (Wildman–Crippen LogP) is 4.63. The van der Waals surface area contributed by atoms with E-state index in [2.05, 4.69) is 4.98 Å². The minimum Gasteiger partial charge on any atom is -0.443 e. The number of benzene rings is 1. The second kappa shape index (κ2) is 7.02. The Kier molecular flexibility index (Phi) is 5.30. The zero-order chi connectivity index (χ0) is 20.6. The molecule has 0 unspecified atom stereocenters. The van der Waals surface area contributed by atoms with Gasteiger partial charge in [0.25, 0.3) is 0 Å². The normalized spacial score (nSPS) is 12.0. The van der Waals surface area contributed by atoms with Crippen LogP contribution in [0.25, 0.3) is 10.8 Å². The van der Waals surface area contributed by atoms with Crippen LogP contribution in [0.2, 0.25) is 0 Å². The molecular formula is C19H24FN3O4. The highest BCUT2D eigenvalue weighted by Gasteiger charge is 2.35. The molecule has 0 saturated heterocycles. The number of imide groups is 1. The van der Waals surface area contributed by atoms with Crippen molar-refractivity contribution in [1.29, 1.82) is 0 Å². The smallest absolute Gasteiger partial charge is 0.425 e. The van der Waals surface area contributed by atoms with Crippen LogP contribution in [0.1, 0.15) is 41.5 Å². The van der Waals surface area contributed by atoms with Crippen LogP contribution in [0.3, 0.4) is 0 Å². The molecule has 0 atom stereocenters. The summed E-state index contributed by atoms with van der Waals surface area (Å²) in [5.41, 5.74) is 4.12. The summed E-state index contributed by atoms with van der Waals surface area (Å²) in [5, 5.41) is 0.345. The predicted molar refractivity (Wildman–Crippen MR) is 101 cm³/mol. The van der Waals surface area contributed by atoms with Crippen molar-refractivity contribution in [1.82, 2.24) is 4.98 Å². The van der Waals surface area contributed by atoms with E-state index in [1.54, 1.807) is 41.5 Å². The van der Waals surface area contributed by atoms with Crippen LogP contribution < -0.4 is 10.6 Å². The van der Waals surface area contributed by atoms with Crippen LogP contribution in [0, 0.1) is 5.82 Å². The third kappa shape index (κ3) is 5.06. The molecule has 7 nitrogen and oxygen atoms in total. The highest BCUT2D eigenvalue weighted by Crippen LogP contribution is 2.31. The summed E-state index contributed by atoms with van der Waals surface area (Å²) >= 11 is 0. The van der Waals surface area contributed by atoms with E-state index in [0.717, 1.165) is 6.07 Å². The quantitative estimate of drug-likeness (QED) is 0.728. The second-order valence-corrected chi connectivity index (χ2v) is 8.03. The van der Waals surface area contributed by atoms with Crippen molar-refractivity contribution in [3.8, 4) is 0 Å². The van der Waals surface area contributed by atoms with Crippen molar-refractivity contribution < 1.29 is 23.5 Å². The van der Waals surface area contributed by atoms with Crippen molar-refractivity contribution in [3.63, 3.8) is 0 Å². The fourth-order valence-electron chi connectivity index (χ4n) is 2.30. The standard InChI is InChI=1S/C19H24FN3O4/c1-18(2,3)26-16(24)23(17(25)27-19(4,5)6)15-14-11(7-8-22-15)9-12(21)10-13(14)20/h7-10H,21H2,1-6H3. The molecule has 27 heavy (non-hydrogen) atoms. The van der Waals surface area contributed by atoms with Gasteiger partial charge in [0.1, 0.15) is 17.0 Å². The highest BCUT2D eigenvalue weighted by atomic mass is 19.1. The van der Waals surface area contributed by atoms with E-state index in [1.165, 1.54) is 18.3 Å². The first kappa shape index (κ1) is 20.4. The molecule has 2 amide bonds. The third-order valence-electron chi connectivity index (χ3n) is 3.18. The molecule has 146 valence electrons. The van der Waals surface area contributed by atoms with Gasteiger partial charge in [-0.1, -0.05) is 0 Å². The molecule has 2 rings (SSSR count). The summed E-state index contributed by atoms with van der Waals surface area (Å²) in [6.45, 7) is 9.89. The van der Waals surface area contributed by atoms with Crippen LogP contribution in [-0.4, -0.2) is 28.4 Å². The van der Waals surface area contributed by atoms with Crippen LogP contribution in [0.15, 0.2) is 24.4 Å². The van der Waals surface area contributed by atoms with Crippen molar-refractivity contribution in [3.05, 3.63) is 30.2 Å². The molecule has 1 heterocycles. The van der Waals surface area contributed by atoms with Crippen LogP contribution in [0.4, 0.5) is 25.5 Å². The zero-order valence-corrected chi connectivity index (χ0v) is 16.3. The number of ether oxygens (including phenoxy) is 2. The molecule has 0 fully saturated rings. The first-order valence-corrected chi connectivity index (χ1v) is 8.38. The van der Waals surface area contributed by atoms with Crippen LogP contribution in [-0.2, 0) is 9.47 Å². The molecular weight excluding hydrogens is 353 g/mol. The Morgan fingerprint density at radius 2 is 1.56 bits per heavy atom. The molecule has 2 aromatic rings. The molecule has 0 spiro atoms. The number of halogens is 1. The Hall–Kier alpha value is -2.90. The lowest BCUT2D eigenvalue weighted by Gasteiger charge is -2.28. The van der Waals surface area contributed by atoms with Gasteiger partial charge in [0.05, 0.1) is 5.39 Å². The molecule has 2 N–H and O–H groups in total. The van der Waals surface area contributed by atoms with Gasteiger partial charge >= 0.3 is 12.2 Å². The minimum atomic E-state index is -1.02. The average molecular weight is 377 g/mol. The number of aromatic nitrogens is 1. The van der Waals surface area contributed by atoms with Crippen molar-refractivity contribution in [2.75, 3.05) is 10.6 Å². The third-order valence-corrected chi connectivity index (χ3v) is 3.18. The number of pyridine rings is 1. The maximum Gasteiger partial charge on any atom is 0.425 e. The maximum absolute atomic E-state index is 14.6. The zero-order valence-electron chi connectivity index (χ0n) is 16.3. The summed E-state index contributed by atoms with van der Waals surface area (Å²) < 4.78 is 25.2. The summed E-state index contributed by atoms with van der Waals surface area (Å²) in [6, 6.07) is 4.14. The molecule has 1 aromatic heterocycles. The monoisotopic (exact) mass is 377 g/mol. The molecule has 8 heteroatoms. The largest absolute Gasteiger partial charge is 0.443 e. The molecule has 0 bridgehead atoms. The van der Waals surface area contributed by atoms with Gasteiger partial charge in [-0.2, -0.15) is 4.90 Å². The van der Waals surface area contributed by atoms with Crippen molar-refractivity contribution in [2.45, 2.75) is 52.7 Å². The number of hydrogen-bond donors (Lipinski definition) is 1. The van der Waals surface area contributed by atoms with Gasteiger partial charge in [0.15, 0.2) is 5.82 Å². The van der Waals surface area contributed by atoms with E-state index in [9.17, 15) is 14.0 Å². The number of nitrogens with two attached hydrogens (primary N) is 1. The first-order valence-electron chi connectivity index (χ1n) is 8.38. The lowest BCUT2D eigenvalue weighted by atomic mass is 10.1. The number of hydrogen-bond acceptors (Lipinski definition) is 6. The number of rotatable bonds is 1. The number of carbonyl (C=O) groups excluding carboxylic acids is 2. The first-order chi connectivity index (χ1) is 12.3. The van der Waals surface area contributed by atoms with E-state index < -0.39 is 29.2 Å². The van der Waals surface area contributed by atoms with E-state index in [0.29, 0.717) is 10.3 Å². The lowest BCUT2D eigenvalue weighted by Crippen LogP contribution is -2.44. The Bertz CT molecular complexity index is 857. The van der Waals surface area contributed by atoms with Crippen LogP contribution >= 0.6 is 0 Å². The molecule has 0 saturated carbocycles. The molecule has 0 aliphatic carbocycles. The van der Waals surface area contributed by atoms with Crippen molar-refractivity contribution in [2.24, 2.45) is 0 Å². The van der Waals surface area contributed by atoms with Gasteiger partial charge in [-0.25, -0.2) is 19.0 Å². The Morgan fingerprint density at radius 3 is 2.04 bits per heavy atom. The van der Waals surface area contributed by atoms with E-state index >= 15 is 0 Å². The Balaban J connectivity index is 2.65. The van der Waals surface area contributed by atoms with Gasteiger partial charge in [-0.05, 0) is 65.1 Å². The lowest BCUT2D eigenvalue weighted by molar-refractivity contribution is 0.0429. The van der Waals surface area contributed by atoms with E-state index in [4.69, 9.17) is 15.2 Å². The number of fused-ring (bicyclic) bond motifs is 1. The second-order valence-electron chi connectivity index (χ2n) is 8.03. The summed E-state index contributed by atoms with van der Waals surface area (Å²) in [6.07, 6.45) is -0.695. The summed E-state index contributed by atoms with van der Waals surface area (Å²) in [4.78, 5) is 30.1. The van der Waals surface area contributed by atoms with Gasteiger partial charge in [-0.15, -0.1) is 0 Å². The van der Waals surface area contributed by atoms with Crippen LogP contribution in [0.5, 0.6) is 0 Å². The van der Waals surface area contributed by atoms with Gasteiger partial charge in [-0.3, -0.25) is 0 Å².